The summed E-state index contributed by atoms with van der Waals surface area (Å²) in [6.07, 6.45) is 4.13. The molecule has 0 radical (unpaired) electrons. The molecule has 2 nitrogen and oxygen atoms in total. The van der Waals surface area contributed by atoms with Gasteiger partial charge in [-0.15, -0.1) is 0 Å². The fourth-order valence-corrected chi connectivity index (χ4v) is 3.66. The van der Waals surface area contributed by atoms with Gasteiger partial charge in [0.05, 0.1) is 6.20 Å². The molecule has 1 N–H and O–H groups in total. The molecule has 0 spiro atoms. The smallest absolute Gasteiger partial charge is 0.168 e. The first-order chi connectivity index (χ1) is 8.67. The average Bonchev–Trinajstić information content (AvgIpc) is 2.17. The molecule has 1 aliphatic rings. The Balaban J connectivity index is 2.14. The molecule has 1 aliphatic carbocycles. The molecule has 0 bridgehead atoms. The van der Waals surface area contributed by atoms with Crippen LogP contribution in [0.3, 0.4) is 0 Å². The molecule has 106 valence electrons. The second kappa shape index (κ2) is 4.73. The molecule has 0 aliphatic heterocycles. The molecule has 4 heteroatoms. The highest BCUT2D eigenvalue weighted by Gasteiger charge is 2.38. The summed E-state index contributed by atoms with van der Waals surface area (Å²) in [5.41, 5.74) is 0.436. The van der Waals surface area contributed by atoms with E-state index in [9.17, 15) is 8.78 Å². The fourth-order valence-electron chi connectivity index (χ4n) is 3.66. The molecule has 0 amide bonds. The lowest BCUT2D eigenvalue weighted by atomic mass is 9.63. The van der Waals surface area contributed by atoms with Gasteiger partial charge in [0.25, 0.3) is 0 Å². The van der Waals surface area contributed by atoms with E-state index in [0.717, 1.165) is 31.5 Å². The van der Waals surface area contributed by atoms with Crippen LogP contribution in [0.4, 0.5) is 14.6 Å². The van der Waals surface area contributed by atoms with Gasteiger partial charge in [-0.25, -0.2) is 13.8 Å². The van der Waals surface area contributed by atoms with Crippen molar-refractivity contribution in [2.45, 2.75) is 53.0 Å². The van der Waals surface area contributed by atoms with Crippen molar-refractivity contribution in [3.63, 3.8) is 0 Å². The zero-order valence-corrected chi connectivity index (χ0v) is 12.1. The molecule has 1 heterocycles. The Morgan fingerprint density at radius 1 is 1.16 bits per heavy atom. The Hall–Kier alpha value is -1.19. The van der Waals surface area contributed by atoms with Crippen molar-refractivity contribution in [2.75, 3.05) is 5.32 Å². The highest BCUT2D eigenvalue weighted by Crippen LogP contribution is 2.46. The number of pyridine rings is 1. The number of nitrogens with zero attached hydrogens (tertiary/aromatic N) is 1. The molecule has 1 aromatic rings. The highest BCUT2D eigenvalue weighted by molar-refractivity contribution is 5.37. The van der Waals surface area contributed by atoms with Crippen LogP contribution in [0.2, 0.25) is 0 Å². The summed E-state index contributed by atoms with van der Waals surface area (Å²) >= 11 is 0. The van der Waals surface area contributed by atoms with Crippen LogP contribution >= 0.6 is 0 Å². The largest absolute Gasteiger partial charge is 0.365 e. The minimum atomic E-state index is -0.646. The Kier molecular flexibility index (Phi) is 3.54. The Labute approximate surface area is 113 Å². The van der Waals surface area contributed by atoms with Gasteiger partial charge < -0.3 is 5.32 Å². The lowest BCUT2D eigenvalue weighted by Crippen LogP contribution is -2.40. The Morgan fingerprint density at radius 3 is 2.26 bits per heavy atom. The van der Waals surface area contributed by atoms with Gasteiger partial charge in [0, 0.05) is 12.1 Å². The standard InChI is InChI=1S/C15H22F2N2/c1-14(2)6-11(7-15(3,4)9-14)19-13-12(17)5-10(16)8-18-13/h5,8,11H,6-7,9H2,1-4H3,(H,18,19). The second-order valence-electron chi connectivity index (χ2n) is 7.24. The van der Waals surface area contributed by atoms with Crippen LogP contribution in [-0.2, 0) is 0 Å². The van der Waals surface area contributed by atoms with E-state index < -0.39 is 11.6 Å². The molecule has 19 heavy (non-hydrogen) atoms. The molecule has 2 rings (SSSR count). The van der Waals surface area contributed by atoms with E-state index in [1.807, 2.05) is 0 Å². The van der Waals surface area contributed by atoms with Crippen LogP contribution in [0.25, 0.3) is 0 Å². The highest BCUT2D eigenvalue weighted by atomic mass is 19.1. The molecule has 0 aromatic carbocycles. The number of nitrogens with one attached hydrogen (secondary N) is 1. The predicted octanol–water partition coefficient (Wildman–Crippen LogP) is 4.38. The first-order valence-corrected chi connectivity index (χ1v) is 6.75. The Bertz CT molecular complexity index is 453. The van der Waals surface area contributed by atoms with Crippen molar-refractivity contribution in [1.29, 1.82) is 0 Å². The van der Waals surface area contributed by atoms with E-state index in [2.05, 4.69) is 38.0 Å². The predicted molar refractivity (Wildman–Crippen MR) is 73.0 cm³/mol. The Morgan fingerprint density at radius 2 is 1.74 bits per heavy atom. The summed E-state index contributed by atoms with van der Waals surface area (Å²) in [5, 5.41) is 3.13. The number of anilines is 1. The van der Waals surface area contributed by atoms with Crippen LogP contribution in [0, 0.1) is 22.5 Å². The topological polar surface area (TPSA) is 24.9 Å². The normalized spacial score (nSPS) is 22.2. The van der Waals surface area contributed by atoms with Crippen molar-refractivity contribution in [3.8, 4) is 0 Å². The van der Waals surface area contributed by atoms with Gasteiger partial charge in [0.1, 0.15) is 5.82 Å². The third kappa shape index (κ3) is 3.64. The minimum absolute atomic E-state index is 0.153. The van der Waals surface area contributed by atoms with Crippen molar-refractivity contribution < 1.29 is 8.78 Å². The zero-order valence-electron chi connectivity index (χ0n) is 12.1. The van der Waals surface area contributed by atoms with Gasteiger partial charge in [-0.1, -0.05) is 27.7 Å². The number of hydrogen-bond donors (Lipinski definition) is 1. The van der Waals surface area contributed by atoms with Crippen LogP contribution in [0.1, 0.15) is 47.0 Å². The zero-order chi connectivity index (χ0) is 14.3. The van der Waals surface area contributed by atoms with E-state index >= 15 is 0 Å². The molecular weight excluding hydrogens is 246 g/mol. The molecular formula is C15H22F2N2. The van der Waals surface area contributed by atoms with E-state index in [1.165, 1.54) is 0 Å². The molecule has 1 aromatic heterocycles. The van der Waals surface area contributed by atoms with Crippen molar-refractivity contribution >= 4 is 5.82 Å². The molecule has 0 atom stereocenters. The third-order valence-corrected chi connectivity index (χ3v) is 3.70. The average molecular weight is 268 g/mol. The molecule has 1 saturated carbocycles. The van der Waals surface area contributed by atoms with Gasteiger partial charge in [0.2, 0.25) is 0 Å². The van der Waals surface area contributed by atoms with Crippen molar-refractivity contribution in [3.05, 3.63) is 23.9 Å². The van der Waals surface area contributed by atoms with Crippen LogP contribution in [0.15, 0.2) is 12.3 Å². The SMILES string of the molecule is CC1(C)CC(Nc2ncc(F)cc2F)CC(C)(C)C1. The maximum absolute atomic E-state index is 13.6. The monoisotopic (exact) mass is 268 g/mol. The van der Waals surface area contributed by atoms with Crippen LogP contribution in [0.5, 0.6) is 0 Å². The minimum Gasteiger partial charge on any atom is -0.365 e. The van der Waals surface area contributed by atoms with Crippen LogP contribution in [-0.4, -0.2) is 11.0 Å². The summed E-state index contributed by atoms with van der Waals surface area (Å²) in [6.45, 7) is 8.93. The van der Waals surface area contributed by atoms with Gasteiger partial charge in [-0.3, -0.25) is 0 Å². The lowest BCUT2D eigenvalue weighted by molar-refractivity contribution is 0.105. The number of aromatic nitrogens is 1. The summed E-state index contributed by atoms with van der Waals surface area (Å²) in [5.74, 6) is -1.12. The van der Waals surface area contributed by atoms with Crippen LogP contribution < -0.4 is 5.32 Å². The number of rotatable bonds is 2. The van der Waals surface area contributed by atoms with E-state index in [0.29, 0.717) is 0 Å². The maximum atomic E-state index is 13.6. The van der Waals surface area contributed by atoms with Crippen molar-refractivity contribution in [2.24, 2.45) is 10.8 Å². The number of halogens is 2. The van der Waals surface area contributed by atoms with Gasteiger partial charge in [-0.05, 0) is 30.1 Å². The van der Waals surface area contributed by atoms with E-state index in [4.69, 9.17) is 0 Å². The molecule has 1 fully saturated rings. The molecule has 0 unspecified atom stereocenters. The first-order valence-electron chi connectivity index (χ1n) is 6.75. The second-order valence-corrected chi connectivity index (χ2v) is 7.24. The summed E-state index contributed by atoms with van der Waals surface area (Å²) in [7, 11) is 0. The first kappa shape index (κ1) is 14.2. The lowest BCUT2D eigenvalue weighted by Gasteiger charge is -2.45. The quantitative estimate of drug-likeness (QED) is 0.861. The summed E-state index contributed by atoms with van der Waals surface area (Å²) in [4.78, 5) is 3.81. The van der Waals surface area contributed by atoms with Gasteiger partial charge in [-0.2, -0.15) is 0 Å². The summed E-state index contributed by atoms with van der Waals surface area (Å²) < 4.78 is 26.5. The van der Waals surface area contributed by atoms with Crippen molar-refractivity contribution in [1.82, 2.24) is 4.98 Å². The molecule has 0 saturated heterocycles. The van der Waals surface area contributed by atoms with Gasteiger partial charge in [0.15, 0.2) is 11.6 Å². The summed E-state index contributed by atoms with van der Waals surface area (Å²) in [6, 6.07) is 1.04. The fraction of sp³-hybridized carbons (Fsp3) is 0.667. The van der Waals surface area contributed by atoms with E-state index in [-0.39, 0.29) is 22.7 Å². The maximum Gasteiger partial charge on any atom is 0.168 e. The third-order valence-electron chi connectivity index (χ3n) is 3.70. The van der Waals surface area contributed by atoms with E-state index in [1.54, 1.807) is 0 Å². The van der Waals surface area contributed by atoms with Gasteiger partial charge >= 0.3 is 0 Å². The number of hydrogen-bond acceptors (Lipinski definition) is 2.